The minimum absolute atomic E-state index is 0.00655. The van der Waals surface area contributed by atoms with Crippen LogP contribution in [0.2, 0.25) is 0 Å². The van der Waals surface area contributed by atoms with Gasteiger partial charge in [-0.3, -0.25) is 9.69 Å². The summed E-state index contributed by atoms with van der Waals surface area (Å²) in [5.74, 6) is -2.76. The summed E-state index contributed by atoms with van der Waals surface area (Å²) in [7, 11) is 3.78. The Morgan fingerprint density at radius 3 is 2.74 bits per heavy atom. The number of carbonyl (C=O) groups excluding carboxylic acids is 1. The Morgan fingerprint density at radius 1 is 1.39 bits per heavy atom. The zero-order valence-electron chi connectivity index (χ0n) is 13.3. The van der Waals surface area contributed by atoms with Gasteiger partial charge in [0.2, 0.25) is 0 Å². The molecular formula is C15H21F2N5O. The molecule has 6 nitrogen and oxygen atoms in total. The van der Waals surface area contributed by atoms with E-state index in [1.165, 1.54) is 12.4 Å². The molecule has 0 unspecified atom stereocenters. The summed E-state index contributed by atoms with van der Waals surface area (Å²) in [6.45, 7) is 1.37. The number of alkyl halides is 2. The number of likely N-dealkylation sites (N-methyl/N-ethyl adjacent to an activating group) is 1. The number of hydrogen-bond acceptors (Lipinski definition) is 5. The molecule has 1 aromatic heterocycles. The Kier molecular flexibility index (Phi) is 4.29. The predicted octanol–water partition coefficient (Wildman–Crippen LogP) is 0.572. The van der Waals surface area contributed by atoms with Crippen LogP contribution >= 0.6 is 0 Å². The van der Waals surface area contributed by atoms with Gasteiger partial charge in [0.1, 0.15) is 0 Å². The maximum Gasteiger partial charge on any atom is 0.262 e. The molecule has 0 aliphatic carbocycles. The van der Waals surface area contributed by atoms with Crippen LogP contribution in [-0.4, -0.2) is 89.1 Å². The number of likely N-dealkylation sites (tertiary alicyclic amines) is 2. The van der Waals surface area contributed by atoms with Crippen LogP contribution in [0.4, 0.5) is 8.78 Å². The molecule has 0 aromatic carbocycles. The molecule has 2 fully saturated rings. The smallest absolute Gasteiger partial charge is 0.262 e. The minimum atomic E-state index is -2.64. The highest BCUT2D eigenvalue weighted by Gasteiger charge is 2.50. The van der Waals surface area contributed by atoms with Crippen molar-refractivity contribution in [2.24, 2.45) is 0 Å². The first-order valence-electron chi connectivity index (χ1n) is 7.70. The van der Waals surface area contributed by atoms with Crippen molar-refractivity contribution in [2.45, 2.75) is 24.4 Å². The monoisotopic (exact) mass is 325 g/mol. The van der Waals surface area contributed by atoms with Gasteiger partial charge in [0.05, 0.1) is 24.5 Å². The Morgan fingerprint density at radius 2 is 2.13 bits per heavy atom. The van der Waals surface area contributed by atoms with E-state index in [2.05, 4.69) is 10.2 Å². The fourth-order valence-corrected chi connectivity index (χ4v) is 3.37. The van der Waals surface area contributed by atoms with Crippen LogP contribution in [0, 0.1) is 0 Å². The molecule has 1 amide bonds. The molecule has 0 radical (unpaired) electrons. The molecule has 0 bridgehead atoms. The molecule has 2 aliphatic heterocycles. The Labute approximate surface area is 134 Å². The Balaban J connectivity index is 1.60. The lowest BCUT2D eigenvalue weighted by Crippen LogP contribution is -2.63. The van der Waals surface area contributed by atoms with Gasteiger partial charge in [-0.25, -0.2) is 8.78 Å². The van der Waals surface area contributed by atoms with Crippen LogP contribution in [0.5, 0.6) is 0 Å². The molecule has 8 heteroatoms. The lowest BCUT2D eigenvalue weighted by atomic mass is 10.0. The molecule has 2 aliphatic rings. The van der Waals surface area contributed by atoms with Crippen LogP contribution in [0.1, 0.15) is 16.8 Å². The van der Waals surface area contributed by atoms with Gasteiger partial charge in [0, 0.05) is 38.1 Å². The second-order valence-corrected chi connectivity index (χ2v) is 6.64. The molecule has 0 spiro atoms. The number of halogens is 2. The molecule has 0 N–H and O–H groups in total. The highest BCUT2D eigenvalue weighted by Crippen LogP contribution is 2.35. The SMILES string of the molecule is CN(C)C[C@@H]1CC(F)(F)CN1C1CN(C(=O)c2ccnnc2)C1. The average Bonchev–Trinajstić information content (AvgIpc) is 2.72. The summed E-state index contributed by atoms with van der Waals surface area (Å²) in [6.07, 6.45) is 2.79. The quantitative estimate of drug-likeness (QED) is 0.810. The standard InChI is InChI=1S/C15H21F2N5O/c1-20(2)7-12-5-15(16,17)10-22(12)13-8-21(9-13)14(23)11-3-4-18-19-6-11/h3-4,6,12-13H,5,7-10H2,1-2H3/t12-/m0/s1. The zero-order chi connectivity index (χ0) is 16.6. The van der Waals surface area contributed by atoms with Gasteiger partial charge in [0.15, 0.2) is 0 Å². The van der Waals surface area contributed by atoms with E-state index in [1.54, 1.807) is 11.0 Å². The molecule has 1 atom stereocenters. The van der Waals surface area contributed by atoms with Crippen LogP contribution in [-0.2, 0) is 0 Å². The second-order valence-electron chi connectivity index (χ2n) is 6.64. The van der Waals surface area contributed by atoms with E-state index >= 15 is 0 Å². The lowest BCUT2D eigenvalue weighted by Gasteiger charge is -2.46. The van der Waals surface area contributed by atoms with Crippen LogP contribution < -0.4 is 0 Å². The fourth-order valence-electron chi connectivity index (χ4n) is 3.37. The van der Waals surface area contributed by atoms with Crippen LogP contribution in [0.3, 0.4) is 0 Å². The Bertz CT molecular complexity index is 562. The van der Waals surface area contributed by atoms with E-state index in [0.717, 1.165) is 0 Å². The van der Waals surface area contributed by atoms with E-state index in [9.17, 15) is 13.6 Å². The van der Waals surface area contributed by atoms with Crippen molar-refractivity contribution in [1.29, 1.82) is 0 Å². The van der Waals surface area contributed by atoms with E-state index in [4.69, 9.17) is 0 Å². The third kappa shape index (κ3) is 3.48. The molecule has 23 heavy (non-hydrogen) atoms. The van der Waals surface area contributed by atoms with Crippen molar-refractivity contribution < 1.29 is 13.6 Å². The number of aromatic nitrogens is 2. The first-order chi connectivity index (χ1) is 10.9. The van der Waals surface area contributed by atoms with Crippen LogP contribution in [0.15, 0.2) is 18.5 Å². The fraction of sp³-hybridized carbons (Fsp3) is 0.667. The summed E-state index contributed by atoms with van der Waals surface area (Å²) in [5.41, 5.74) is 0.482. The number of carbonyl (C=O) groups is 1. The van der Waals surface area contributed by atoms with Crippen LogP contribution in [0.25, 0.3) is 0 Å². The summed E-state index contributed by atoms with van der Waals surface area (Å²) in [6, 6.07) is 1.46. The summed E-state index contributed by atoms with van der Waals surface area (Å²) >= 11 is 0. The maximum atomic E-state index is 13.8. The molecular weight excluding hydrogens is 304 g/mol. The lowest BCUT2D eigenvalue weighted by molar-refractivity contribution is -0.0115. The summed E-state index contributed by atoms with van der Waals surface area (Å²) in [5, 5.41) is 7.34. The highest BCUT2D eigenvalue weighted by atomic mass is 19.3. The minimum Gasteiger partial charge on any atom is -0.335 e. The van der Waals surface area contributed by atoms with Crippen molar-refractivity contribution in [2.75, 3.05) is 40.3 Å². The predicted molar refractivity (Wildman–Crippen MR) is 80.3 cm³/mol. The van der Waals surface area contributed by atoms with Crippen molar-refractivity contribution in [3.05, 3.63) is 24.0 Å². The van der Waals surface area contributed by atoms with Gasteiger partial charge in [-0.15, -0.1) is 0 Å². The molecule has 1 aromatic rings. The summed E-state index contributed by atoms with van der Waals surface area (Å²) < 4.78 is 27.6. The Hall–Kier alpha value is -1.67. The van der Waals surface area contributed by atoms with Crippen molar-refractivity contribution >= 4 is 5.91 Å². The number of nitrogens with zero attached hydrogens (tertiary/aromatic N) is 5. The normalized spacial score (nSPS) is 24.9. The van der Waals surface area contributed by atoms with E-state index in [1.807, 2.05) is 23.9 Å². The summed E-state index contributed by atoms with van der Waals surface area (Å²) in [4.78, 5) is 17.7. The average molecular weight is 325 g/mol. The second kappa shape index (κ2) is 6.09. The number of rotatable bonds is 4. The van der Waals surface area contributed by atoms with E-state index in [-0.39, 0.29) is 31.0 Å². The molecule has 2 saturated heterocycles. The maximum absolute atomic E-state index is 13.8. The van der Waals surface area contributed by atoms with Crippen molar-refractivity contribution in [3.63, 3.8) is 0 Å². The number of amides is 1. The molecule has 126 valence electrons. The third-order valence-electron chi connectivity index (χ3n) is 4.44. The van der Waals surface area contributed by atoms with E-state index in [0.29, 0.717) is 25.2 Å². The van der Waals surface area contributed by atoms with Gasteiger partial charge in [0.25, 0.3) is 11.8 Å². The van der Waals surface area contributed by atoms with Gasteiger partial charge in [-0.1, -0.05) is 0 Å². The molecule has 3 heterocycles. The van der Waals surface area contributed by atoms with Crippen molar-refractivity contribution in [1.82, 2.24) is 24.9 Å². The molecule has 3 rings (SSSR count). The largest absolute Gasteiger partial charge is 0.335 e. The highest BCUT2D eigenvalue weighted by molar-refractivity contribution is 5.94. The zero-order valence-corrected chi connectivity index (χ0v) is 13.3. The third-order valence-corrected chi connectivity index (χ3v) is 4.44. The first kappa shape index (κ1) is 16.2. The number of hydrogen-bond donors (Lipinski definition) is 0. The van der Waals surface area contributed by atoms with E-state index < -0.39 is 5.92 Å². The van der Waals surface area contributed by atoms with Gasteiger partial charge in [-0.05, 0) is 20.2 Å². The molecule has 0 saturated carbocycles. The van der Waals surface area contributed by atoms with Crippen molar-refractivity contribution in [3.8, 4) is 0 Å². The van der Waals surface area contributed by atoms with Gasteiger partial charge < -0.3 is 9.80 Å². The first-order valence-corrected chi connectivity index (χ1v) is 7.70. The topological polar surface area (TPSA) is 52.6 Å². The van der Waals surface area contributed by atoms with Gasteiger partial charge in [-0.2, -0.15) is 10.2 Å². The van der Waals surface area contributed by atoms with Gasteiger partial charge >= 0.3 is 0 Å².